The van der Waals surface area contributed by atoms with Crippen LogP contribution in [-0.4, -0.2) is 43.7 Å². The standard InChI is InChI=1S/C13H18N2O3/c1-9-8-17-13-10(3-2-4-11(13)18-9)15-6-5-14-12(16)7-15/h2-4,9,12,14,16H,5-8H2,1H3. The molecular weight excluding hydrogens is 232 g/mol. The fraction of sp³-hybridized carbons (Fsp3) is 0.538. The maximum atomic E-state index is 9.66. The first-order valence-corrected chi connectivity index (χ1v) is 6.33. The first-order valence-electron chi connectivity index (χ1n) is 6.33. The minimum absolute atomic E-state index is 0.0846. The highest BCUT2D eigenvalue weighted by Crippen LogP contribution is 2.40. The Morgan fingerprint density at radius 3 is 3.17 bits per heavy atom. The van der Waals surface area contributed by atoms with Crippen LogP contribution in [0.3, 0.4) is 0 Å². The Morgan fingerprint density at radius 2 is 2.33 bits per heavy atom. The number of benzene rings is 1. The Morgan fingerprint density at radius 1 is 1.44 bits per heavy atom. The fourth-order valence-electron chi connectivity index (χ4n) is 2.39. The van der Waals surface area contributed by atoms with Gasteiger partial charge >= 0.3 is 0 Å². The molecule has 5 heteroatoms. The highest BCUT2D eigenvalue weighted by molar-refractivity contribution is 5.65. The predicted octanol–water partition coefficient (Wildman–Crippen LogP) is 0.574. The van der Waals surface area contributed by atoms with Gasteiger partial charge in [0, 0.05) is 13.1 Å². The fourth-order valence-corrected chi connectivity index (χ4v) is 2.39. The number of piperazine rings is 1. The van der Waals surface area contributed by atoms with Crippen molar-refractivity contribution in [2.24, 2.45) is 0 Å². The lowest BCUT2D eigenvalue weighted by molar-refractivity contribution is 0.103. The molecule has 1 fully saturated rings. The van der Waals surface area contributed by atoms with Crippen LogP contribution in [0.25, 0.3) is 0 Å². The van der Waals surface area contributed by atoms with Crippen molar-refractivity contribution < 1.29 is 14.6 Å². The summed E-state index contributed by atoms with van der Waals surface area (Å²) in [7, 11) is 0. The summed E-state index contributed by atoms with van der Waals surface area (Å²) in [4.78, 5) is 2.12. The van der Waals surface area contributed by atoms with E-state index in [1.807, 2.05) is 25.1 Å². The van der Waals surface area contributed by atoms with E-state index in [9.17, 15) is 5.11 Å². The van der Waals surface area contributed by atoms with Crippen LogP contribution in [0.1, 0.15) is 6.92 Å². The highest BCUT2D eigenvalue weighted by Gasteiger charge is 2.25. The van der Waals surface area contributed by atoms with Crippen LogP contribution < -0.4 is 19.7 Å². The Hall–Kier alpha value is -1.46. The van der Waals surface area contributed by atoms with Crippen LogP contribution >= 0.6 is 0 Å². The Balaban J connectivity index is 1.90. The van der Waals surface area contributed by atoms with E-state index in [-0.39, 0.29) is 6.10 Å². The molecule has 2 aliphatic heterocycles. The van der Waals surface area contributed by atoms with Gasteiger partial charge in [0.1, 0.15) is 18.9 Å². The molecule has 2 N–H and O–H groups in total. The molecule has 0 bridgehead atoms. The number of hydrogen-bond acceptors (Lipinski definition) is 5. The zero-order valence-electron chi connectivity index (χ0n) is 10.4. The zero-order chi connectivity index (χ0) is 12.5. The smallest absolute Gasteiger partial charge is 0.184 e. The first kappa shape index (κ1) is 11.6. The highest BCUT2D eigenvalue weighted by atomic mass is 16.6. The Labute approximate surface area is 106 Å². The van der Waals surface area contributed by atoms with Crippen molar-refractivity contribution in [3.63, 3.8) is 0 Å². The van der Waals surface area contributed by atoms with Crippen LogP contribution in [-0.2, 0) is 0 Å². The number of aliphatic hydroxyl groups excluding tert-OH is 1. The molecule has 0 spiro atoms. The van der Waals surface area contributed by atoms with E-state index < -0.39 is 6.23 Å². The van der Waals surface area contributed by atoms with E-state index in [4.69, 9.17) is 9.47 Å². The summed E-state index contributed by atoms with van der Waals surface area (Å²) in [6.07, 6.45) is -0.403. The number of nitrogens with zero attached hydrogens (tertiary/aromatic N) is 1. The SMILES string of the molecule is CC1COc2c(cccc2N2CCNC(O)C2)O1. The second-order valence-electron chi connectivity index (χ2n) is 4.76. The number of aliphatic hydroxyl groups is 1. The second kappa shape index (κ2) is 4.66. The van der Waals surface area contributed by atoms with Crippen LogP contribution in [0.4, 0.5) is 5.69 Å². The molecule has 1 saturated heterocycles. The molecule has 2 atom stereocenters. The molecule has 0 aliphatic carbocycles. The van der Waals surface area contributed by atoms with Crippen LogP contribution in [0.5, 0.6) is 11.5 Å². The minimum atomic E-state index is -0.488. The molecule has 2 unspecified atom stereocenters. The summed E-state index contributed by atoms with van der Waals surface area (Å²) in [6.45, 7) is 4.74. The summed E-state index contributed by atoms with van der Waals surface area (Å²) in [5, 5.41) is 12.7. The number of fused-ring (bicyclic) bond motifs is 1. The Bertz CT molecular complexity index is 438. The zero-order valence-corrected chi connectivity index (χ0v) is 10.4. The van der Waals surface area contributed by atoms with Crippen LogP contribution in [0, 0.1) is 0 Å². The van der Waals surface area contributed by atoms with Crippen LogP contribution in [0.2, 0.25) is 0 Å². The lowest BCUT2D eigenvalue weighted by atomic mass is 10.2. The van der Waals surface area contributed by atoms with Gasteiger partial charge in [0.05, 0.1) is 12.2 Å². The van der Waals surface area contributed by atoms with E-state index in [0.717, 1.165) is 30.3 Å². The van der Waals surface area contributed by atoms with Crippen molar-refractivity contribution in [2.45, 2.75) is 19.3 Å². The van der Waals surface area contributed by atoms with E-state index in [1.165, 1.54) is 0 Å². The number of ether oxygens (including phenoxy) is 2. The molecule has 2 aliphatic rings. The normalized spacial score (nSPS) is 27.1. The number of β-amino-alcohol motifs (C(OH)–C–C–N with tert-alkyl or cyclic N) is 1. The maximum Gasteiger partial charge on any atom is 0.184 e. The van der Waals surface area contributed by atoms with Gasteiger partial charge in [0.25, 0.3) is 0 Å². The average Bonchev–Trinajstić information content (AvgIpc) is 2.37. The van der Waals surface area contributed by atoms with Gasteiger partial charge in [0.2, 0.25) is 0 Å². The minimum Gasteiger partial charge on any atom is -0.484 e. The molecule has 0 radical (unpaired) electrons. The molecule has 2 heterocycles. The summed E-state index contributed by atoms with van der Waals surface area (Å²) in [6, 6.07) is 5.90. The van der Waals surface area contributed by atoms with E-state index in [0.29, 0.717) is 13.2 Å². The maximum absolute atomic E-state index is 9.66. The molecule has 1 aromatic rings. The van der Waals surface area contributed by atoms with Gasteiger partial charge < -0.3 is 19.5 Å². The van der Waals surface area contributed by atoms with Crippen molar-refractivity contribution in [3.8, 4) is 11.5 Å². The molecule has 0 saturated carbocycles. The third-order valence-electron chi connectivity index (χ3n) is 3.24. The molecule has 98 valence electrons. The predicted molar refractivity (Wildman–Crippen MR) is 68.2 cm³/mol. The molecular formula is C13H18N2O3. The average molecular weight is 250 g/mol. The number of hydrogen-bond donors (Lipinski definition) is 2. The molecule has 18 heavy (non-hydrogen) atoms. The summed E-state index contributed by atoms with van der Waals surface area (Å²) in [5.74, 6) is 1.59. The van der Waals surface area contributed by atoms with Gasteiger partial charge in [-0.15, -0.1) is 0 Å². The topological polar surface area (TPSA) is 54.0 Å². The van der Waals surface area contributed by atoms with Crippen molar-refractivity contribution in [2.75, 3.05) is 31.1 Å². The van der Waals surface area contributed by atoms with Gasteiger partial charge in [-0.3, -0.25) is 5.32 Å². The third-order valence-corrected chi connectivity index (χ3v) is 3.24. The first-order chi connectivity index (χ1) is 8.74. The summed E-state index contributed by atoms with van der Waals surface area (Å²) >= 11 is 0. The molecule has 5 nitrogen and oxygen atoms in total. The molecule has 0 amide bonds. The number of para-hydroxylation sites is 1. The lowest BCUT2D eigenvalue weighted by Crippen LogP contribution is -2.50. The monoisotopic (exact) mass is 250 g/mol. The Kier molecular flexibility index (Phi) is 3.01. The summed E-state index contributed by atoms with van der Waals surface area (Å²) < 4.78 is 11.5. The molecule has 1 aromatic carbocycles. The quantitative estimate of drug-likeness (QED) is 0.763. The summed E-state index contributed by atoms with van der Waals surface area (Å²) in [5.41, 5.74) is 1.000. The molecule has 3 rings (SSSR count). The van der Waals surface area contributed by atoms with Gasteiger partial charge in [-0.25, -0.2) is 0 Å². The van der Waals surface area contributed by atoms with Gasteiger partial charge in [-0.2, -0.15) is 0 Å². The van der Waals surface area contributed by atoms with Gasteiger partial charge in [0.15, 0.2) is 11.5 Å². The van der Waals surface area contributed by atoms with E-state index in [2.05, 4.69) is 10.2 Å². The second-order valence-corrected chi connectivity index (χ2v) is 4.76. The van der Waals surface area contributed by atoms with Gasteiger partial charge in [-0.1, -0.05) is 6.07 Å². The van der Waals surface area contributed by atoms with E-state index in [1.54, 1.807) is 0 Å². The third kappa shape index (κ3) is 2.11. The van der Waals surface area contributed by atoms with Crippen molar-refractivity contribution in [1.82, 2.24) is 5.32 Å². The van der Waals surface area contributed by atoms with Crippen molar-refractivity contribution in [1.29, 1.82) is 0 Å². The number of nitrogens with one attached hydrogen (secondary N) is 1. The van der Waals surface area contributed by atoms with Crippen molar-refractivity contribution >= 4 is 5.69 Å². The number of rotatable bonds is 1. The number of anilines is 1. The van der Waals surface area contributed by atoms with Crippen LogP contribution in [0.15, 0.2) is 18.2 Å². The molecule has 0 aromatic heterocycles. The van der Waals surface area contributed by atoms with Crippen molar-refractivity contribution in [3.05, 3.63) is 18.2 Å². The largest absolute Gasteiger partial charge is 0.484 e. The van der Waals surface area contributed by atoms with E-state index >= 15 is 0 Å². The lowest BCUT2D eigenvalue weighted by Gasteiger charge is -2.35. The van der Waals surface area contributed by atoms with Gasteiger partial charge in [-0.05, 0) is 19.1 Å².